The van der Waals surface area contributed by atoms with Crippen LogP contribution in [0.25, 0.3) is 0 Å². The number of aromatic nitrogens is 1. The Morgan fingerprint density at radius 2 is 2.12 bits per heavy atom. The minimum Gasteiger partial charge on any atom is -0.348 e. The van der Waals surface area contributed by atoms with Crippen molar-refractivity contribution in [2.24, 2.45) is 0 Å². The number of piperazine rings is 1. The molecule has 0 bridgehead atoms. The predicted molar refractivity (Wildman–Crippen MR) is 68.2 cm³/mol. The van der Waals surface area contributed by atoms with E-state index in [1.807, 2.05) is 4.90 Å². The summed E-state index contributed by atoms with van der Waals surface area (Å²) in [5.41, 5.74) is -0.0330. The summed E-state index contributed by atoms with van der Waals surface area (Å²) >= 11 is 5.70. The molecular weight excluding hydrogens is 267 g/mol. The van der Waals surface area contributed by atoms with Crippen LogP contribution in [0.2, 0.25) is 5.02 Å². The smallest absolute Gasteiger partial charge is 0.313 e. The van der Waals surface area contributed by atoms with Gasteiger partial charge in [0.25, 0.3) is 0 Å². The highest BCUT2D eigenvalue weighted by Crippen LogP contribution is 2.28. The number of nitrogens with zero attached hydrogens (tertiary/aromatic N) is 3. The van der Waals surface area contributed by atoms with E-state index in [0.29, 0.717) is 5.82 Å². The molecule has 0 atom stereocenters. The number of nitrogens with one attached hydrogen (secondary N) is 1. The third-order valence-electron chi connectivity index (χ3n) is 2.43. The third-order valence-corrected chi connectivity index (χ3v) is 2.63. The SMILES string of the molecule is Cl.O=[N+]([O-])c1cc(Cl)cnc1N1CCNCC1. The van der Waals surface area contributed by atoms with Crippen LogP contribution in [0.4, 0.5) is 11.5 Å². The van der Waals surface area contributed by atoms with E-state index in [9.17, 15) is 10.1 Å². The molecule has 0 aromatic carbocycles. The summed E-state index contributed by atoms with van der Waals surface area (Å²) in [5, 5.41) is 14.3. The quantitative estimate of drug-likeness (QED) is 0.655. The van der Waals surface area contributed by atoms with Crippen molar-refractivity contribution in [2.75, 3.05) is 31.1 Å². The standard InChI is InChI=1S/C9H11ClN4O2.ClH/c10-7-5-8(14(15)16)9(12-6-7)13-3-1-11-2-4-13;/h5-6,11H,1-4H2;1H. The highest BCUT2D eigenvalue weighted by molar-refractivity contribution is 6.30. The van der Waals surface area contributed by atoms with Crippen molar-refractivity contribution >= 4 is 35.5 Å². The van der Waals surface area contributed by atoms with Crippen LogP contribution in [0.3, 0.4) is 0 Å². The summed E-state index contributed by atoms with van der Waals surface area (Å²) in [7, 11) is 0. The summed E-state index contributed by atoms with van der Waals surface area (Å²) in [6, 6.07) is 1.34. The van der Waals surface area contributed by atoms with Gasteiger partial charge in [0.2, 0.25) is 5.82 Å². The van der Waals surface area contributed by atoms with Crippen LogP contribution < -0.4 is 10.2 Å². The fourth-order valence-electron chi connectivity index (χ4n) is 1.68. The molecule has 1 aromatic heterocycles. The lowest BCUT2D eigenvalue weighted by molar-refractivity contribution is -0.384. The van der Waals surface area contributed by atoms with E-state index < -0.39 is 4.92 Å². The Kier molecular flexibility index (Phi) is 4.92. The first-order chi connectivity index (χ1) is 7.68. The highest BCUT2D eigenvalue weighted by Gasteiger charge is 2.22. The molecule has 94 valence electrons. The van der Waals surface area contributed by atoms with Crippen LogP contribution in [0.15, 0.2) is 12.3 Å². The van der Waals surface area contributed by atoms with Crippen molar-refractivity contribution in [3.8, 4) is 0 Å². The number of rotatable bonds is 2. The third kappa shape index (κ3) is 3.18. The second-order valence-electron chi connectivity index (χ2n) is 3.49. The van der Waals surface area contributed by atoms with Crippen molar-refractivity contribution in [1.82, 2.24) is 10.3 Å². The molecule has 0 spiro atoms. The normalized spacial score (nSPS) is 15.2. The summed E-state index contributed by atoms with van der Waals surface area (Å²) in [4.78, 5) is 16.4. The molecule has 0 amide bonds. The molecule has 1 fully saturated rings. The van der Waals surface area contributed by atoms with Crippen LogP contribution in [0, 0.1) is 10.1 Å². The van der Waals surface area contributed by atoms with Gasteiger partial charge in [-0.2, -0.15) is 0 Å². The molecule has 1 aromatic rings. The maximum Gasteiger partial charge on any atom is 0.313 e. The van der Waals surface area contributed by atoms with Crippen LogP contribution in [-0.4, -0.2) is 36.1 Å². The van der Waals surface area contributed by atoms with E-state index in [-0.39, 0.29) is 23.1 Å². The summed E-state index contributed by atoms with van der Waals surface area (Å²) in [6.45, 7) is 3.05. The lowest BCUT2D eigenvalue weighted by atomic mass is 10.3. The van der Waals surface area contributed by atoms with Gasteiger partial charge < -0.3 is 10.2 Å². The molecule has 1 aliphatic heterocycles. The zero-order valence-corrected chi connectivity index (χ0v) is 10.5. The fraction of sp³-hybridized carbons (Fsp3) is 0.444. The molecule has 1 N–H and O–H groups in total. The first-order valence-electron chi connectivity index (χ1n) is 4.94. The second-order valence-corrected chi connectivity index (χ2v) is 3.93. The lowest BCUT2D eigenvalue weighted by Gasteiger charge is -2.27. The Morgan fingerprint density at radius 1 is 1.47 bits per heavy atom. The van der Waals surface area contributed by atoms with E-state index in [0.717, 1.165) is 26.2 Å². The van der Waals surface area contributed by atoms with Gasteiger partial charge >= 0.3 is 5.69 Å². The van der Waals surface area contributed by atoms with E-state index in [1.165, 1.54) is 12.3 Å². The van der Waals surface area contributed by atoms with Gasteiger partial charge in [0.15, 0.2) is 0 Å². The number of hydrogen-bond donors (Lipinski definition) is 1. The molecule has 2 heterocycles. The van der Waals surface area contributed by atoms with Gasteiger partial charge in [0.1, 0.15) is 0 Å². The summed E-state index contributed by atoms with van der Waals surface area (Å²) in [6.07, 6.45) is 1.44. The van der Waals surface area contributed by atoms with Crippen molar-refractivity contribution in [2.45, 2.75) is 0 Å². The molecular formula is C9H12Cl2N4O2. The Labute approximate surface area is 110 Å². The van der Waals surface area contributed by atoms with Gasteiger partial charge in [0.05, 0.1) is 9.95 Å². The van der Waals surface area contributed by atoms with Gasteiger partial charge in [-0.05, 0) is 0 Å². The largest absolute Gasteiger partial charge is 0.348 e. The number of anilines is 1. The van der Waals surface area contributed by atoms with E-state index in [4.69, 9.17) is 11.6 Å². The predicted octanol–water partition coefficient (Wildman–Crippen LogP) is 1.47. The molecule has 1 saturated heterocycles. The molecule has 6 nitrogen and oxygen atoms in total. The molecule has 0 aliphatic carbocycles. The topological polar surface area (TPSA) is 71.3 Å². The van der Waals surface area contributed by atoms with Crippen molar-refractivity contribution in [1.29, 1.82) is 0 Å². The highest BCUT2D eigenvalue weighted by atomic mass is 35.5. The number of hydrogen-bond acceptors (Lipinski definition) is 5. The Balaban J connectivity index is 0.00000144. The van der Waals surface area contributed by atoms with Gasteiger partial charge in [-0.1, -0.05) is 11.6 Å². The van der Waals surface area contributed by atoms with Crippen molar-refractivity contribution in [3.05, 3.63) is 27.4 Å². The average molecular weight is 279 g/mol. The van der Waals surface area contributed by atoms with Crippen LogP contribution in [-0.2, 0) is 0 Å². The Morgan fingerprint density at radius 3 is 2.71 bits per heavy atom. The number of halogens is 2. The van der Waals surface area contributed by atoms with Gasteiger partial charge in [-0.25, -0.2) is 4.98 Å². The zero-order valence-electron chi connectivity index (χ0n) is 8.93. The minimum absolute atomic E-state index is 0. The lowest BCUT2D eigenvalue weighted by Crippen LogP contribution is -2.44. The minimum atomic E-state index is -0.448. The summed E-state index contributed by atoms with van der Waals surface area (Å²) in [5.74, 6) is 0.399. The molecule has 17 heavy (non-hydrogen) atoms. The molecule has 0 radical (unpaired) electrons. The van der Waals surface area contributed by atoms with Crippen LogP contribution >= 0.6 is 24.0 Å². The monoisotopic (exact) mass is 278 g/mol. The Bertz CT molecular complexity index is 410. The van der Waals surface area contributed by atoms with Gasteiger partial charge in [-0.15, -0.1) is 12.4 Å². The maximum atomic E-state index is 10.9. The first-order valence-corrected chi connectivity index (χ1v) is 5.32. The molecule has 1 aliphatic rings. The first kappa shape index (κ1) is 14.0. The molecule has 0 unspecified atom stereocenters. The van der Waals surface area contributed by atoms with Gasteiger partial charge in [0, 0.05) is 38.4 Å². The van der Waals surface area contributed by atoms with Crippen molar-refractivity contribution in [3.63, 3.8) is 0 Å². The molecule has 8 heteroatoms. The number of pyridine rings is 1. The molecule has 0 saturated carbocycles. The summed E-state index contributed by atoms with van der Waals surface area (Å²) < 4.78 is 0. The Hall–Kier alpha value is -1.11. The molecule has 2 rings (SSSR count). The van der Waals surface area contributed by atoms with E-state index in [2.05, 4.69) is 10.3 Å². The van der Waals surface area contributed by atoms with E-state index in [1.54, 1.807) is 0 Å². The van der Waals surface area contributed by atoms with E-state index >= 15 is 0 Å². The van der Waals surface area contributed by atoms with Crippen LogP contribution in [0.1, 0.15) is 0 Å². The second kappa shape index (κ2) is 6.00. The fourth-order valence-corrected chi connectivity index (χ4v) is 1.83. The van der Waals surface area contributed by atoms with Crippen LogP contribution in [0.5, 0.6) is 0 Å². The maximum absolute atomic E-state index is 10.9. The van der Waals surface area contributed by atoms with Crippen molar-refractivity contribution < 1.29 is 4.92 Å². The zero-order chi connectivity index (χ0) is 11.5. The average Bonchev–Trinajstić information content (AvgIpc) is 2.30. The van der Waals surface area contributed by atoms with Gasteiger partial charge in [-0.3, -0.25) is 10.1 Å². The number of nitro groups is 1.